The number of piperidine rings is 1. The summed E-state index contributed by atoms with van der Waals surface area (Å²) in [5.41, 5.74) is 0.351. The molecule has 0 saturated carbocycles. The molecule has 2 heterocycles. The van der Waals surface area contributed by atoms with Gasteiger partial charge in [-0.2, -0.15) is 0 Å². The van der Waals surface area contributed by atoms with Crippen LogP contribution >= 0.6 is 0 Å². The Morgan fingerprint density at radius 1 is 1.42 bits per heavy atom. The van der Waals surface area contributed by atoms with Crippen molar-refractivity contribution in [2.24, 2.45) is 0 Å². The lowest BCUT2D eigenvalue weighted by molar-refractivity contribution is 0.0941. The zero-order chi connectivity index (χ0) is 13.5. The van der Waals surface area contributed by atoms with Gasteiger partial charge in [-0.25, -0.2) is 4.98 Å². The van der Waals surface area contributed by atoms with Gasteiger partial charge >= 0.3 is 0 Å². The van der Waals surface area contributed by atoms with Crippen LogP contribution < -0.4 is 10.6 Å². The summed E-state index contributed by atoms with van der Waals surface area (Å²) in [4.78, 5) is 18.3. The van der Waals surface area contributed by atoms with Crippen molar-refractivity contribution in [3.05, 3.63) is 17.8 Å². The zero-order valence-electron chi connectivity index (χ0n) is 11.4. The average Bonchev–Trinajstić information content (AvgIpc) is 2.89. The van der Waals surface area contributed by atoms with Crippen molar-refractivity contribution in [3.63, 3.8) is 0 Å². The van der Waals surface area contributed by atoms with E-state index in [1.54, 1.807) is 0 Å². The molecule has 0 unspecified atom stereocenters. The molecule has 106 valence electrons. The van der Waals surface area contributed by atoms with E-state index in [0.717, 1.165) is 19.6 Å². The van der Waals surface area contributed by atoms with E-state index in [9.17, 15) is 4.79 Å². The largest absolute Gasteiger partial charge is 0.447 e. The van der Waals surface area contributed by atoms with Crippen LogP contribution in [-0.2, 0) is 6.54 Å². The fraction of sp³-hybridized carbons (Fsp3) is 0.692. The number of nitrogens with one attached hydrogen (secondary N) is 2. The summed E-state index contributed by atoms with van der Waals surface area (Å²) in [5, 5.41) is 5.81. The fourth-order valence-corrected chi connectivity index (χ4v) is 2.25. The fourth-order valence-electron chi connectivity index (χ4n) is 2.25. The Balaban J connectivity index is 1.70. The monoisotopic (exact) mass is 266 g/mol. The number of amides is 1. The molecule has 0 aliphatic carbocycles. The van der Waals surface area contributed by atoms with Crippen LogP contribution in [0.25, 0.3) is 0 Å². The van der Waals surface area contributed by atoms with Crippen molar-refractivity contribution in [3.8, 4) is 0 Å². The van der Waals surface area contributed by atoms with E-state index < -0.39 is 0 Å². The molecule has 2 N–H and O–H groups in total. The minimum atomic E-state index is -0.164. The molecule has 2 rings (SSSR count). The number of nitrogens with zero attached hydrogens (tertiary/aromatic N) is 2. The number of oxazole rings is 1. The molecule has 1 aromatic heterocycles. The highest BCUT2D eigenvalue weighted by atomic mass is 16.3. The molecule has 0 bridgehead atoms. The summed E-state index contributed by atoms with van der Waals surface area (Å²) in [6, 6.07) is 0. The quantitative estimate of drug-likeness (QED) is 0.789. The second-order valence-electron chi connectivity index (χ2n) is 4.82. The number of hydrogen-bond donors (Lipinski definition) is 2. The van der Waals surface area contributed by atoms with Crippen LogP contribution in [0.3, 0.4) is 0 Å². The number of carbonyl (C=O) groups is 1. The van der Waals surface area contributed by atoms with E-state index in [0.29, 0.717) is 24.7 Å². The lowest BCUT2D eigenvalue weighted by Crippen LogP contribution is -2.37. The van der Waals surface area contributed by atoms with Gasteiger partial charge in [-0.15, -0.1) is 0 Å². The van der Waals surface area contributed by atoms with Crippen molar-refractivity contribution in [1.82, 2.24) is 20.5 Å². The van der Waals surface area contributed by atoms with Gasteiger partial charge in [0.25, 0.3) is 5.91 Å². The lowest BCUT2D eigenvalue weighted by atomic mass is 10.1. The first kappa shape index (κ1) is 14.0. The second kappa shape index (κ2) is 7.25. The molecule has 19 heavy (non-hydrogen) atoms. The van der Waals surface area contributed by atoms with E-state index >= 15 is 0 Å². The van der Waals surface area contributed by atoms with Gasteiger partial charge in [-0.3, -0.25) is 4.79 Å². The third kappa shape index (κ3) is 4.33. The molecule has 1 fully saturated rings. The number of aromatic nitrogens is 1. The Kier molecular flexibility index (Phi) is 5.35. The van der Waals surface area contributed by atoms with Crippen LogP contribution in [0.1, 0.15) is 35.6 Å². The Labute approximate surface area is 113 Å². The molecule has 1 aliphatic rings. The third-order valence-corrected chi connectivity index (χ3v) is 3.27. The van der Waals surface area contributed by atoms with Crippen LogP contribution in [0.2, 0.25) is 0 Å². The maximum absolute atomic E-state index is 11.8. The number of carbonyl (C=O) groups excluding carboxylic acids is 1. The van der Waals surface area contributed by atoms with Gasteiger partial charge in [0, 0.05) is 13.1 Å². The summed E-state index contributed by atoms with van der Waals surface area (Å²) in [5.74, 6) is 0.367. The third-order valence-electron chi connectivity index (χ3n) is 3.27. The first-order valence-corrected chi connectivity index (χ1v) is 6.89. The van der Waals surface area contributed by atoms with Gasteiger partial charge in [-0.1, -0.05) is 6.42 Å². The molecular formula is C13H22N4O2. The van der Waals surface area contributed by atoms with Crippen molar-refractivity contribution < 1.29 is 9.21 Å². The van der Waals surface area contributed by atoms with Crippen molar-refractivity contribution in [2.75, 3.05) is 33.2 Å². The molecule has 1 saturated heterocycles. The molecule has 0 atom stereocenters. The number of likely N-dealkylation sites (tertiary alicyclic amines) is 1. The van der Waals surface area contributed by atoms with Gasteiger partial charge in [0.15, 0.2) is 5.69 Å². The smallest absolute Gasteiger partial charge is 0.273 e. The van der Waals surface area contributed by atoms with Crippen molar-refractivity contribution >= 4 is 5.91 Å². The Bertz CT molecular complexity index is 399. The maximum atomic E-state index is 11.8. The van der Waals surface area contributed by atoms with Crippen molar-refractivity contribution in [2.45, 2.75) is 25.8 Å². The second-order valence-corrected chi connectivity index (χ2v) is 4.82. The minimum Gasteiger partial charge on any atom is -0.447 e. The Morgan fingerprint density at radius 2 is 2.21 bits per heavy atom. The SMILES string of the molecule is CNCc1nc(C(=O)NCCN2CCCCC2)co1. The van der Waals surface area contributed by atoms with Gasteiger partial charge in [0.2, 0.25) is 5.89 Å². The molecular weight excluding hydrogens is 244 g/mol. The van der Waals surface area contributed by atoms with E-state index in [4.69, 9.17) is 4.42 Å². The number of rotatable bonds is 6. The van der Waals surface area contributed by atoms with Gasteiger partial charge in [0.05, 0.1) is 6.54 Å². The number of hydrogen-bond acceptors (Lipinski definition) is 5. The van der Waals surface area contributed by atoms with E-state index in [-0.39, 0.29) is 5.91 Å². The summed E-state index contributed by atoms with van der Waals surface area (Å²) >= 11 is 0. The van der Waals surface area contributed by atoms with Crippen LogP contribution in [-0.4, -0.2) is 49.0 Å². The molecule has 6 heteroatoms. The van der Waals surface area contributed by atoms with Crippen molar-refractivity contribution in [1.29, 1.82) is 0 Å². The van der Waals surface area contributed by atoms with Crippen LogP contribution in [0, 0.1) is 0 Å². The Morgan fingerprint density at radius 3 is 2.95 bits per heavy atom. The average molecular weight is 266 g/mol. The Hall–Kier alpha value is -1.40. The topological polar surface area (TPSA) is 70.4 Å². The molecule has 1 amide bonds. The first-order valence-electron chi connectivity index (χ1n) is 6.89. The molecule has 0 aromatic carbocycles. The zero-order valence-corrected chi connectivity index (χ0v) is 11.4. The van der Waals surface area contributed by atoms with E-state index in [2.05, 4.69) is 20.5 Å². The molecule has 0 radical (unpaired) electrons. The highest BCUT2D eigenvalue weighted by Gasteiger charge is 2.13. The lowest BCUT2D eigenvalue weighted by Gasteiger charge is -2.26. The van der Waals surface area contributed by atoms with E-state index in [1.807, 2.05) is 7.05 Å². The highest BCUT2D eigenvalue weighted by molar-refractivity contribution is 5.91. The summed E-state index contributed by atoms with van der Waals surface area (Å²) in [7, 11) is 1.81. The molecule has 6 nitrogen and oxygen atoms in total. The van der Waals surface area contributed by atoms with Gasteiger partial charge in [-0.05, 0) is 33.0 Å². The normalized spacial score (nSPS) is 16.5. The predicted octanol–water partition coefficient (Wildman–Crippen LogP) is 0.610. The predicted molar refractivity (Wildman–Crippen MR) is 71.9 cm³/mol. The van der Waals surface area contributed by atoms with Crippen LogP contribution in [0.5, 0.6) is 0 Å². The minimum absolute atomic E-state index is 0.164. The van der Waals surface area contributed by atoms with Crippen LogP contribution in [0.4, 0.5) is 0 Å². The summed E-state index contributed by atoms with van der Waals surface area (Å²) < 4.78 is 5.18. The standard InChI is InChI=1S/C13H22N4O2/c1-14-9-12-16-11(10-19-12)13(18)15-5-8-17-6-3-2-4-7-17/h10,14H,2-9H2,1H3,(H,15,18). The van der Waals surface area contributed by atoms with E-state index in [1.165, 1.54) is 25.5 Å². The van der Waals surface area contributed by atoms with Gasteiger partial charge < -0.3 is 20.0 Å². The first-order chi connectivity index (χ1) is 9.29. The van der Waals surface area contributed by atoms with Gasteiger partial charge in [0.1, 0.15) is 6.26 Å². The summed E-state index contributed by atoms with van der Waals surface area (Å²) in [6.07, 6.45) is 5.27. The summed E-state index contributed by atoms with van der Waals surface area (Å²) in [6.45, 7) is 4.39. The maximum Gasteiger partial charge on any atom is 0.273 e. The molecule has 1 aromatic rings. The molecule has 1 aliphatic heterocycles. The van der Waals surface area contributed by atoms with Crippen LogP contribution in [0.15, 0.2) is 10.7 Å². The molecule has 0 spiro atoms. The highest BCUT2D eigenvalue weighted by Crippen LogP contribution is 2.07.